The van der Waals surface area contributed by atoms with Crippen molar-refractivity contribution in [3.8, 4) is 0 Å². The molecule has 0 radical (unpaired) electrons. The van der Waals surface area contributed by atoms with E-state index >= 15 is 0 Å². The lowest BCUT2D eigenvalue weighted by Gasteiger charge is -1.90. The lowest BCUT2D eigenvalue weighted by atomic mass is 10.3. The topological polar surface area (TPSA) is 73.0 Å². The highest BCUT2D eigenvalue weighted by atomic mass is 16.4. The van der Waals surface area contributed by atoms with Crippen LogP contribution in [0.2, 0.25) is 0 Å². The first kappa shape index (κ1) is 7.97. The predicted octanol–water partition coefficient (Wildman–Crippen LogP) is 0.271. The van der Waals surface area contributed by atoms with Crippen molar-refractivity contribution in [3.05, 3.63) is 12.3 Å². The first-order chi connectivity index (χ1) is 4.35. The maximum atomic E-state index is 8.29. The molecule has 0 bridgehead atoms. The fraction of sp³-hybridized carbons (Fsp3) is 0.400. The zero-order valence-electron chi connectivity index (χ0n) is 4.86. The van der Waals surface area contributed by atoms with E-state index in [1.54, 1.807) is 0 Å². The summed E-state index contributed by atoms with van der Waals surface area (Å²) in [5.41, 5.74) is 0.250. The third kappa shape index (κ3) is 3.54. The van der Waals surface area contributed by atoms with Gasteiger partial charge in [-0.3, -0.25) is 0 Å². The Morgan fingerprint density at radius 1 is 1.56 bits per heavy atom. The molecule has 0 rings (SSSR count). The van der Waals surface area contributed by atoms with Gasteiger partial charge in [-0.15, -0.1) is 0 Å². The quantitative estimate of drug-likeness (QED) is 0.223. The molecule has 0 amide bonds. The molecule has 52 valence electrons. The molecule has 0 unspecified atom stereocenters. The van der Waals surface area contributed by atoms with Gasteiger partial charge in [-0.25, -0.2) is 0 Å². The summed E-state index contributed by atoms with van der Waals surface area (Å²) in [7, 11) is 0. The zero-order chi connectivity index (χ0) is 7.11. The van der Waals surface area contributed by atoms with Crippen LogP contribution in [0.25, 0.3) is 0 Å². The van der Waals surface area contributed by atoms with Gasteiger partial charge in [-0.2, -0.15) is 0 Å². The Morgan fingerprint density at radius 2 is 2.22 bits per heavy atom. The van der Waals surface area contributed by atoms with Crippen LogP contribution in [-0.4, -0.2) is 27.7 Å². The molecular weight excluding hydrogens is 122 g/mol. The summed E-state index contributed by atoms with van der Waals surface area (Å²) in [5, 5.41) is 27.3. The van der Waals surface area contributed by atoms with Crippen LogP contribution in [-0.2, 0) is 0 Å². The normalized spacial score (nSPS) is 12.8. The van der Waals surface area contributed by atoms with Gasteiger partial charge in [0, 0.05) is 13.0 Å². The maximum Gasteiger partial charge on any atom is 0.0848 e. The second-order valence-corrected chi connectivity index (χ2v) is 1.38. The van der Waals surface area contributed by atoms with E-state index in [0.717, 1.165) is 6.26 Å². The predicted molar refractivity (Wildman–Crippen MR) is 32.7 cm³/mol. The van der Waals surface area contributed by atoms with Crippen LogP contribution < -0.4 is 0 Å². The molecule has 0 heterocycles. The molecule has 0 aromatic rings. The summed E-state index contributed by atoms with van der Waals surface area (Å²) >= 11 is 0. The Bertz CT molecular complexity index is 119. The number of oxime groups is 1. The molecule has 0 saturated heterocycles. The lowest BCUT2D eigenvalue weighted by Crippen LogP contribution is -1.96. The SMILES string of the molecule is OC=CC(CCO)=NO. The highest BCUT2D eigenvalue weighted by Crippen LogP contribution is 1.85. The Kier molecular flexibility index (Phi) is 4.53. The minimum atomic E-state index is -0.0935. The van der Waals surface area contributed by atoms with Gasteiger partial charge in [0.05, 0.1) is 12.0 Å². The van der Waals surface area contributed by atoms with Crippen molar-refractivity contribution in [2.75, 3.05) is 6.61 Å². The summed E-state index contributed by atoms with van der Waals surface area (Å²) < 4.78 is 0. The molecular formula is C5H9NO3. The summed E-state index contributed by atoms with van der Waals surface area (Å²) in [6.07, 6.45) is 2.20. The van der Waals surface area contributed by atoms with Gasteiger partial charge in [0.1, 0.15) is 0 Å². The second-order valence-electron chi connectivity index (χ2n) is 1.38. The number of hydrogen-bond acceptors (Lipinski definition) is 4. The van der Waals surface area contributed by atoms with E-state index < -0.39 is 0 Å². The fourth-order valence-electron chi connectivity index (χ4n) is 0.367. The van der Waals surface area contributed by atoms with Crippen molar-refractivity contribution >= 4 is 5.71 Å². The number of aliphatic hydroxyl groups excluding tert-OH is 2. The smallest absolute Gasteiger partial charge is 0.0848 e. The van der Waals surface area contributed by atoms with Gasteiger partial charge in [-0.1, -0.05) is 5.16 Å². The van der Waals surface area contributed by atoms with E-state index in [9.17, 15) is 0 Å². The van der Waals surface area contributed by atoms with Crippen molar-refractivity contribution in [1.29, 1.82) is 0 Å². The monoisotopic (exact) mass is 131 g/mol. The Balaban J connectivity index is 3.70. The lowest BCUT2D eigenvalue weighted by molar-refractivity contribution is 0.295. The molecule has 0 aromatic heterocycles. The molecule has 0 aliphatic carbocycles. The average Bonchev–Trinajstić information content (AvgIpc) is 1.88. The number of rotatable bonds is 3. The fourth-order valence-corrected chi connectivity index (χ4v) is 0.367. The summed E-state index contributed by atoms with van der Waals surface area (Å²) in [4.78, 5) is 0. The van der Waals surface area contributed by atoms with E-state index in [2.05, 4.69) is 5.16 Å². The van der Waals surface area contributed by atoms with E-state index in [1.807, 2.05) is 0 Å². The van der Waals surface area contributed by atoms with Crippen LogP contribution in [0.1, 0.15) is 6.42 Å². The van der Waals surface area contributed by atoms with E-state index in [-0.39, 0.29) is 18.7 Å². The number of allylic oxidation sites excluding steroid dienone is 1. The molecule has 4 heteroatoms. The van der Waals surface area contributed by atoms with Crippen LogP contribution in [0.15, 0.2) is 17.5 Å². The number of nitrogens with zero attached hydrogens (tertiary/aromatic N) is 1. The van der Waals surface area contributed by atoms with Gasteiger partial charge in [0.2, 0.25) is 0 Å². The van der Waals surface area contributed by atoms with Gasteiger partial charge >= 0.3 is 0 Å². The Hall–Kier alpha value is -1.03. The van der Waals surface area contributed by atoms with Crippen LogP contribution in [0.3, 0.4) is 0 Å². The van der Waals surface area contributed by atoms with Crippen LogP contribution in [0.4, 0.5) is 0 Å². The molecule has 9 heavy (non-hydrogen) atoms. The van der Waals surface area contributed by atoms with Gasteiger partial charge < -0.3 is 15.4 Å². The summed E-state index contributed by atoms with van der Waals surface area (Å²) in [6, 6.07) is 0. The average molecular weight is 131 g/mol. The van der Waals surface area contributed by atoms with Crippen LogP contribution >= 0.6 is 0 Å². The van der Waals surface area contributed by atoms with Crippen molar-refractivity contribution in [1.82, 2.24) is 0 Å². The molecule has 0 aliphatic rings. The highest BCUT2D eigenvalue weighted by Gasteiger charge is 1.90. The maximum absolute atomic E-state index is 8.29. The minimum absolute atomic E-state index is 0.0935. The number of aliphatic hydroxyl groups is 2. The minimum Gasteiger partial charge on any atom is -0.516 e. The summed E-state index contributed by atoms with van der Waals surface area (Å²) in [6.45, 7) is -0.0935. The van der Waals surface area contributed by atoms with Gasteiger partial charge in [0.15, 0.2) is 0 Å². The third-order valence-electron chi connectivity index (χ3n) is 0.763. The van der Waals surface area contributed by atoms with Crippen molar-refractivity contribution in [3.63, 3.8) is 0 Å². The second kappa shape index (κ2) is 5.11. The molecule has 4 nitrogen and oxygen atoms in total. The van der Waals surface area contributed by atoms with Crippen molar-refractivity contribution < 1.29 is 15.4 Å². The molecule has 0 fully saturated rings. The van der Waals surface area contributed by atoms with Gasteiger partial charge in [0.25, 0.3) is 0 Å². The molecule has 3 N–H and O–H groups in total. The van der Waals surface area contributed by atoms with Crippen molar-refractivity contribution in [2.24, 2.45) is 5.16 Å². The van der Waals surface area contributed by atoms with E-state index in [1.165, 1.54) is 6.08 Å². The highest BCUT2D eigenvalue weighted by molar-refractivity contribution is 5.94. The molecule has 0 aromatic carbocycles. The largest absolute Gasteiger partial charge is 0.516 e. The van der Waals surface area contributed by atoms with Crippen molar-refractivity contribution in [2.45, 2.75) is 6.42 Å². The number of hydrogen-bond donors (Lipinski definition) is 3. The first-order valence-electron chi connectivity index (χ1n) is 2.47. The standard InChI is InChI=1S/C5H9NO3/c7-3-1-5(6-9)2-4-8/h1,3,7-9H,2,4H2. The van der Waals surface area contributed by atoms with Gasteiger partial charge in [-0.05, 0) is 6.08 Å². The Labute approximate surface area is 52.7 Å². The van der Waals surface area contributed by atoms with E-state index in [4.69, 9.17) is 15.4 Å². The zero-order valence-corrected chi connectivity index (χ0v) is 4.86. The molecule has 0 saturated carbocycles. The Morgan fingerprint density at radius 3 is 2.56 bits per heavy atom. The van der Waals surface area contributed by atoms with Crippen LogP contribution in [0.5, 0.6) is 0 Å². The molecule has 0 aliphatic heterocycles. The van der Waals surface area contributed by atoms with Crippen LogP contribution in [0, 0.1) is 0 Å². The third-order valence-corrected chi connectivity index (χ3v) is 0.763. The first-order valence-corrected chi connectivity index (χ1v) is 2.47. The molecule has 0 atom stereocenters. The molecule has 0 spiro atoms. The van der Waals surface area contributed by atoms with E-state index in [0.29, 0.717) is 0 Å². The summed E-state index contributed by atoms with van der Waals surface area (Å²) in [5.74, 6) is 0.